The van der Waals surface area contributed by atoms with E-state index in [0.717, 1.165) is 12.0 Å². The third-order valence-corrected chi connectivity index (χ3v) is 4.49. The lowest BCUT2D eigenvalue weighted by Crippen LogP contribution is -2.18. The van der Waals surface area contributed by atoms with E-state index in [4.69, 9.17) is 27.6 Å². The molecule has 3 rings (SSSR count). The average Bonchev–Trinajstić information content (AvgIpc) is 3.12. The van der Waals surface area contributed by atoms with Crippen molar-refractivity contribution in [3.63, 3.8) is 0 Å². The average molecular weight is 388 g/mol. The molecular formula is C19H15Cl2N3O2. The number of hydrogen-bond acceptors (Lipinski definition) is 4. The van der Waals surface area contributed by atoms with Gasteiger partial charge in [-0.25, -0.2) is 5.43 Å². The Bertz CT molecular complexity index is 950. The van der Waals surface area contributed by atoms with Crippen molar-refractivity contribution in [2.75, 3.05) is 0 Å². The van der Waals surface area contributed by atoms with E-state index in [-0.39, 0.29) is 0 Å². The number of carbonyl (C=O) groups excluding carboxylic acids is 1. The van der Waals surface area contributed by atoms with Gasteiger partial charge in [0.15, 0.2) is 0 Å². The fraction of sp³-hybridized carbons (Fsp3) is 0.105. The Hall–Kier alpha value is -2.63. The Labute approximate surface area is 160 Å². The van der Waals surface area contributed by atoms with Crippen LogP contribution in [0.1, 0.15) is 28.7 Å². The van der Waals surface area contributed by atoms with Crippen LogP contribution in [0.5, 0.6) is 0 Å². The number of carbonyl (C=O) groups is 1. The van der Waals surface area contributed by atoms with Gasteiger partial charge in [0.2, 0.25) is 0 Å². The minimum Gasteiger partial charge on any atom is -0.455 e. The first-order valence-electron chi connectivity index (χ1n) is 7.91. The Morgan fingerprint density at radius 2 is 2.08 bits per heavy atom. The third-order valence-electron chi connectivity index (χ3n) is 3.67. The molecule has 26 heavy (non-hydrogen) atoms. The van der Waals surface area contributed by atoms with Crippen LogP contribution in [0.3, 0.4) is 0 Å². The molecule has 0 aliphatic heterocycles. The zero-order chi connectivity index (χ0) is 18.5. The first-order chi connectivity index (χ1) is 12.6. The molecular weight excluding hydrogens is 373 g/mol. The maximum atomic E-state index is 12.0. The molecule has 3 aromatic rings. The van der Waals surface area contributed by atoms with Gasteiger partial charge in [0.05, 0.1) is 16.3 Å². The number of nitrogens with zero attached hydrogens (tertiary/aromatic N) is 2. The standard InChI is InChI=1S/C19H15Cl2N3O2/c1-2-12-6-8-16(22-10-12)19(25)24-23-11-13-7-9-17(26-13)14-4-3-5-15(20)18(14)21/h3-11H,2H2,1H3,(H,24,25)/b23-11+. The van der Waals surface area contributed by atoms with Gasteiger partial charge in [-0.1, -0.05) is 42.3 Å². The lowest BCUT2D eigenvalue weighted by atomic mass is 10.2. The van der Waals surface area contributed by atoms with Crippen molar-refractivity contribution >= 4 is 35.3 Å². The molecule has 0 aliphatic rings. The van der Waals surface area contributed by atoms with Gasteiger partial charge in [-0.3, -0.25) is 9.78 Å². The number of furan rings is 1. The molecule has 0 spiro atoms. The summed E-state index contributed by atoms with van der Waals surface area (Å²) in [6.07, 6.45) is 3.94. The highest BCUT2D eigenvalue weighted by Gasteiger charge is 2.10. The van der Waals surface area contributed by atoms with Crippen molar-refractivity contribution in [3.8, 4) is 11.3 Å². The molecule has 0 saturated carbocycles. The van der Waals surface area contributed by atoms with Crippen LogP contribution in [0.25, 0.3) is 11.3 Å². The first kappa shape index (κ1) is 18.2. The number of nitrogens with one attached hydrogen (secondary N) is 1. The van der Waals surface area contributed by atoms with E-state index < -0.39 is 5.91 Å². The number of aryl methyl sites for hydroxylation is 1. The summed E-state index contributed by atoms with van der Waals surface area (Å²) >= 11 is 12.2. The van der Waals surface area contributed by atoms with Crippen LogP contribution in [-0.2, 0) is 6.42 Å². The highest BCUT2D eigenvalue weighted by Crippen LogP contribution is 2.34. The van der Waals surface area contributed by atoms with E-state index in [1.54, 1.807) is 42.6 Å². The van der Waals surface area contributed by atoms with Gasteiger partial charge >= 0.3 is 0 Å². The Morgan fingerprint density at radius 3 is 2.81 bits per heavy atom. The maximum Gasteiger partial charge on any atom is 0.289 e. The largest absolute Gasteiger partial charge is 0.455 e. The van der Waals surface area contributed by atoms with E-state index >= 15 is 0 Å². The summed E-state index contributed by atoms with van der Waals surface area (Å²) in [6.45, 7) is 2.02. The highest BCUT2D eigenvalue weighted by molar-refractivity contribution is 6.43. The van der Waals surface area contributed by atoms with Crippen molar-refractivity contribution in [3.05, 3.63) is 75.7 Å². The molecule has 0 fully saturated rings. The zero-order valence-electron chi connectivity index (χ0n) is 13.9. The fourth-order valence-electron chi connectivity index (χ4n) is 2.24. The van der Waals surface area contributed by atoms with E-state index in [2.05, 4.69) is 15.5 Å². The van der Waals surface area contributed by atoms with Crippen LogP contribution in [-0.4, -0.2) is 17.1 Å². The van der Waals surface area contributed by atoms with Crippen molar-refractivity contribution in [2.24, 2.45) is 5.10 Å². The topological polar surface area (TPSA) is 67.5 Å². The number of aromatic nitrogens is 1. The van der Waals surface area contributed by atoms with Gasteiger partial charge < -0.3 is 4.42 Å². The van der Waals surface area contributed by atoms with Crippen molar-refractivity contribution in [1.29, 1.82) is 0 Å². The number of halogens is 2. The molecule has 0 bridgehead atoms. The van der Waals surface area contributed by atoms with Gasteiger partial charge in [-0.15, -0.1) is 0 Å². The molecule has 0 radical (unpaired) electrons. The molecule has 0 atom stereocenters. The summed E-state index contributed by atoms with van der Waals surface area (Å²) < 4.78 is 5.66. The Morgan fingerprint density at radius 1 is 1.23 bits per heavy atom. The highest BCUT2D eigenvalue weighted by atomic mass is 35.5. The van der Waals surface area contributed by atoms with Crippen LogP contribution in [0.4, 0.5) is 0 Å². The van der Waals surface area contributed by atoms with Crippen molar-refractivity contribution < 1.29 is 9.21 Å². The van der Waals surface area contributed by atoms with Crippen LogP contribution in [0.2, 0.25) is 10.0 Å². The minimum atomic E-state index is -0.395. The molecule has 7 heteroatoms. The number of benzene rings is 1. The van der Waals surface area contributed by atoms with E-state index in [0.29, 0.717) is 32.8 Å². The second kappa shape index (κ2) is 8.17. The molecule has 1 aromatic carbocycles. The predicted molar refractivity (Wildman–Crippen MR) is 103 cm³/mol. The van der Waals surface area contributed by atoms with Gasteiger partial charge in [0.1, 0.15) is 17.2 Å². The Balaban J connectivity index is 1.67. The molecule has 0 unspecified atom stereocenters. The quantitative estimate of drug-likeness (QED) is 0.496. The lowest BCUT2D eigenvalue weighted by Gasteiger charge is -2.02. The lowest BCUT2D eigenvalue weighted by molar-refractivity contribution is 0.0950. The third kappa shape index (κ3) is 4.12. The number of pyridine rings is 1. The Kier molecular flexibility index (Phi) is 5.71. The fourth-order valence-corrected chi connectivity index (χ4v) is 2.63. The molecule has 1 amide bonds. The summed E-state index contributed by atoms with van der Waals surface area (Å²) in [5.74, 6) is 0.626. The molecule has 2 heterocycles. The second-order valence-electron chi connectivity index (χ2n) is 5.41. The maximum absolute atomic E-state index is 12.0. The van der Waals surface area contributed by atoms with Gasteiger partial charge in [-0.05, 0) is 42.3 Å². The minimum absolute atomic E-state index is 0.296. The summed E-state index contributed by atoms with van der Waals surface area (Å²) in [6, 6.07) is 12.3. The summed E-state index contributed by atoms with van der Waals surface area (Å²) in [7, 11) is 0. The molecule has 132 valence electrons. The summed E-state index contributed by atoms with van der Waals surface area (Å²) in [4.78, 5) is 16.1. The monoisotopic (exact) mass is 387 g/mol. The van der Waals surface area contributed by atoms with Gasteiger partial charge in [0.25, 0.3) is 5.91 Å². The van der Waals surface area contributed by atoms with Gasteiger partial charge in [0, 0.05) is 11.8 Å². The number of amides is 1. The van der Waals surface area contributed by atoms with E-state index in [1.165, 1.54) is 6.21 Å². The van der Waals surface area contributed by atoms with Crippen molar-refractivity contribution in [1.82, 2.24) is 10.4 Å². The normalized spacial score (nSPS) is 11.0. The smallest absolute Gasteiger partial charge is 0.289 e. The molecule has 2 aromatic heterocycles. The number of hydrazone groups is 1. The van der Waals surface area contributed by atoms with Gasteiger partial charge in [-0.2, -0.15) is 5.10 Å². The SMILES string of the molecule is CCc1ccc(C(=O)N/N=C/c2ccc(-c3cccc(Cl)c3Cl)o2)nc1. The van der Waals surface area contributed by atoms with E-state index in [9.17, 15) is 4.79 Å². The summed E-state index contributed by atoms with van der Waals surface area (Å²) in [5, 5.41) is 4.76. The van der Waals surface area contributed by atoms with Crippen LogP contribution >= 0.6 is 23.2 Å². The van der Waals surface area contributed by atoms with Crippen LogP contribution in [0.15, 0.2) is 58.2 Å². The molecule has 1 N–H and O–H groups in total. The summed E-state index contributed by atoms with van der Waals surface area (Å²) in [5.41, 5.74) is 4.46. The molecule has 5 nitrogen and oxygen atoms in total. The predicted octanol–water partition coefficient (Wildman–Crippen LogP) is 4.97. The molecule has 0 saturated heterocycles. The van der Waals surface area contributed by atoms with Crippen molar-refractivity contribution in [2.45, 2.75) is 13.3 Å². The molecule has 0 aliphatic carbocycles. The first-order valence-corrected chi connectivity index (χ1v) is 8.66. The number of rotatable bonds is 5. The van der Waals surface area contributed by atoms with Crippen LogP contribution < -0.4 is 5.43 Å². The zero-order valence-corrected chi connectivity index (χ0v) is 15.4. The van der Waals surface area contributed by atoms with E-state index in [1.807, 2.05) is 13.0 Å². The second-order valence-corrected chi connectivity index (χ2v) is 6.19. The number of hydrogen-bond donors (Lipinski definition) is 1. The van der Waals surface area contributed by atoms with Crippen LogP contribution in [0, 0.1) is 0 Å².